The summed E-state index contributed by atoms with van der Waals surface area (Å²) in [6.45, 7) is 5.94. The first-order chi connectivity index (χ1) is 13.6. The predicted molar refractivity (Wildman–Crippen MR) is 111 cm³/mol. The molecule has 2 aromatic carbocycles. The second kappa shape index (κ2) is 7.58. The first-order valence-electron chi connectivity index (χ1n) is 9.42. The number of phenolic OH excluding ortho intramolecular Hbond substituents is 1. The van der Waals surface area contributed by atoms with Crippen molar-refractivity contribution in [2.45, 2.75) is 32.6 Å². The molecule has 1 heterocycles. The molecule has 152 valence electrons. The van der Waals surface area contributed by atoms with E-state index in [1.807, 2.05) is 39.0 Å². The van der Waals surface area contributed by atoms with Crippen molar-refractivity contribution in [3.05, 3.63) is 53.6 Å². The van der Waals surface area contributed by atoms with Crippen molar-refractivity contribution in [1.82, 2.24) is 5.32 Å². The number of hydrogen-bond acceptors (Lipinski definition) is 4. The fraction of sp³-hybridized carbons (Fsp3) is 0.318. The number of imide groups is 1. The standard InChI is InChI=1S/C22H25N3O4/c1-22(2,3)17-13-15(25-18(26)10-11-23-21(25)29)12-16(19(17)27)20(28)24(4)14-8-6-5-7-9-14/h5-9,12-13,27H,10-11H2,1-4H3,(H,23,29). The van der Waals surface area contributed by atoms with Gasteiger partial charge in [-0.3, -0.25) is 9.59 Å². The number of carbonyl (C=O) groups excluding carboxylic acids is 3. The molecule has 1 aliphatic rings. The molecule has 1 saturated heterocycles. The average Bonchev–Trinajstić information content (AvgIpc) is 2.67. The lowest BCUT2D eigenvalue weighted by molar-refractivity contribution is -0.118. The lowest BCUT2D eigenvalue weighted by Gasteiger charge is -2.29. The Labute approximate surface area is 169 Å². The molecule has 0 atom stereocenters. The van der Waals surface area contributed by atoms with Gasteiger partial charge in [-0.1, -0.05) is 39.0 Å². The third-order valence-corrected chi connectivity index (χ3v) is 4.91. The van der Waals surface area contributed by atoms with E-state index in [1.54, 1.807) is 25.2 Å². The molecule has 4 amide bonds. The monoisotopic (exact) mass is 395 g/mol. The van der Waals surface area contributed by atoms with Gasteiger partial charge in [-0.25, -0.2) is 9.69 Å². The van der Waals surface area contributed by atoms with Crippen LogP contribution < -0.4 is 15.1 Å². The number of aromatic hydroxyl groups is 1. The number of anilines is 2. The fourth-order valence-corrected chi connectivity index (χ4v) is 3.27. The van der Waals surface area contributed by atoms with Gasteiger partial charge in [0.1, 0.15) is 5.75 Å². The van der Waals surface area contributed by atoms with Crippen LogP contribution in [-0.4, -0.2) is 36.5 Å². The molecule has 1 aliphatic heterocycles. The zero-order chi connectivity index (χ0) is 21.3. The van der Waals surface area contributed by atoms with Gasteiger partial charge in [0, 0.05) is 31.3 Å². The van der Waals surface area contributed by atoms with Crippen molar-refractivity contribution in [2.75, 3.05) is 23.4 Å². The number of benzene rings is 2. The SMILES string of the molecule is CN(C(=O)c1cc(N2C(=O)CCNC2=O)cc(C(C)(C)C)c1O)c1ccccc1. The number of urea groups is 1. The predicted octanol–water partition coefficient (Wildman–Crippen LogP) is 3.41. The minimum absolute atomic E-state index is 0.0324. The Morgan fingerprint density at radius 1 is 1.14 bits per heavy atom. The second-order valence-electron chi connectivity index (χ2n) is 8.05. The Hall–Kier alpha value is -3.35. The number of amides is 4. The smallest absolute Gasteiger partial charge is 0.328 e. The molecular formula is C22H25N3O4. The van der Waals surface area contributed by atoms with E-state index in [0.717, 1.165) is 4.90 Å². The normalized spacial score (nSPS) is 14.6. The molecule has 1 fully saturated rings. The van der Waals surface area contributed by atoms with Crippen LogP contribution in [0, 0.1) is 0 Å². The van der Waals surface area contributed by atoms with Gasteiger partial charge in [-0.2, -0.15) is 0 Å². The maximum Gasteiger partial charge on any atom is 0.328 e. The summed E-state index contributed by atoms with van der Waals surface area (Å²) in [6.07, 6.45) is 0.171. The van der Waals surface area contributed by atoms with E-state index in [4.69, 9.17) is 0 Å². The Morgan fingerprint density at radius 3 is 2.38 bits per heavy atom. The van der Waals surface area contributed by atoms with Crippen LogP contribution in [0.1, 0.15) is 43.1 Å². The number of phenols is 1. The number of carbonyl (C=O) groups is 3. The number of nitrogens with one attached hydrogen (secondary N) is 1. The lowest BCUT2D eigenvalue weighted by Crippen LogP contribution is -2.50. The molecule has 0 saturated carbocycles. The van der Waals surface area contributed by atoms with Crippen molar-refractivity contribution in [1.29, 1.82) is 0 Å². The number of hydrogen-bond donors (Lipinski definition) is 2. The van der Waals surface area contributed by atoms with Crippen molar-refractivity contribution in [3.8, 4) is 5.75 Å². The fourth-order valence-electron chi connectivity index (χ4n) is 3.27. The van der Waals surface area contributed by atoms with Crippen LogP contribution in [0.2, 0.25) is 0 Å². The van der Waals surface area contributed by atoms with Gasteiger partial charge >= 0.3 is 6.03 Å². The van der Waals surface area contributed by atoms with Gasteiger partial charge in [0.25, 0.3) is 5.91 Å². The number of nitrogens with zero attached hydrogens (tertiary/aromatic N) is 2. The first-order valence-corrected chi connectivity index (χ1v) is 9.42. The molecule has 0 bridgehead atoms. The molecular weight excluding hydrogens is 370 g/mol. The van der Waals surface area contributed by atoms with Crippen LogP contribution in [0.25, 0.3) is 0 Å². The summed E-state index contributed by atoms with van der Waals surface area (Å²) in [5, 5.41) is 13.5. The third kappa shape index (κ3) is 3.94. The topological polar surface area (TPSA) is 90.0 Å². The minimum Gasteiger partial charge on any atom is -0.507 e. The number of para-hydroxylation sites is 1. The summed E-state index contributed by atoms with van der Waals surface area (Å²) < 4.78 is 0. The molecule has 0 radical (unpaired) electrons. The molecule has 3 rings (SSSR count). The molecule has 2 aromatic rings. The zero-order valence-corrected chi connectivity index (χ0v) is 17.0. The molecule has 29 heavy (non-hydrogen) atoms. The molecule has 7 nitrogen and oxygen atoms in total. The lowest BCUT2D eigenvalue weighted by atomic mass is 9.84. The molecule has 0 aromatic heterocycles. The summed E-state index contributed by atoms with van der Waals surface area (Å²) in [5.41, 5.74) is 0.914. The van der Waals surface area contributed by atoms with Gasteiger partial charge in [-0.15, -0.1) is 0 Å². The Morgan fingerprint density at radius 2 is 1.79 bits per heavy atom. The van der Waals surface area contributed by atoms with Crippen molar-refractivity contribution in [2.24, 2.45) is 0 Å². The molecule has 0 unspecified atom stereocenters. The van der Waals surface area contributed by atoms with E-state index < -0.39 is 17.4 Å². The van der Waals surface area contributed by atoms with Gasteiger partial charge in [-0.05, 0) is 29.7 Å². The van der Waals surface area contributed by atoms with E-state index in [-0.39, 0.29) is 35.9 Å². The first kappa shape index (κ1) is 20.4. The highest BCUT2D eigenvalue weighted by molar-refractivity contribution is 6.17. The molecule has 0 aliphatic carbocycles. The minimum atomic E-state index is -0.540. The molecule has 0 spiro atoms. The van der Waals surface area contributed by atoms with Crippen LogP contribution in [0.4, 0.5) is 16.2 Å². The second-order valence-corrected chi connectivity index (χ2v) is 8.05. The van der Waals surface area contributed by atoms with E-state index in [0.29, 0.717) is 11.3 Å². The molecule has 7 heteroatoms. The summed E-state index contributed by atoms with van der Waals surface area (Å²) in [4.78, 5) is 40.4. The zero-order valence-electron chi connectivity index (χ0n) is 17.0. The maximum atomic E-state index is 13.2. The van der Waals surface area contributed by atoms with E-state index in [9.17, 15) is 19.5 Å². The molecule has 2 N–H and O–H groups in total. The van der Waals surface area contributed by atoms with Crippen molar-refractivity contribution >= 4 is 29.2 Å². The Kier molecular flexibility index (Phi) is 5.33. The summed E-state index contributed by atoms with van der Waals surface area (Å²) in [7, 11) is 1.61. The van der Waals surface area contributed by atoms with E-state index >= 15 is 0 Å². The van der Waals surface area contributed by atoms with Crippen molar-refractivity contribution < 1.29 is 19.5 Å². The highest BCUT2D eigenvalue weighted by atomic mass is 16.3. The summed E-state index contributed by atoms with van der Waals surface area (Å²) in [5.74, 6) is -0.945. The van der Waals surface area contributed by atoms with Crippen LogP contribution in [0.5, 0.6) is 5.75 Å². The summed E-state index contributed by atoms with van der Waals surface area (Å²) in [6, 6.07) is 11.5. The Bertz CT molecular complexity index is 948. The largest absolute Gasteiger partial charge is 0.507 e. The van der Waals surface area contributed by atoms with Gasteiger partial charge in [0.15, 0.2) is 0 Å². The van der Waals surface area contributed by atoms with Gasteiger partial charge < -0.3 is 15.3 Å². The Balaban J connectivity index is 2.14. The van der Waals surface area contributed by atoms with Crippen LogP contribution in [0.3, 0.4) is 0 Å². The van der Waals surface area contributed by atoms with E-state index in [2.05, 4.69) is 5.32 Å². The third-order valence-electron chi connectivity index (χ3n) is 4.91. The van der Waals surface area contributed by atoms with Crippen LogP contribution in [-0.2, 0) is 10.2 Å². The average molecular weight is 395 g/mol. The van der Waals surface area contributed by atoms with Crippen LogP contribution in [0.15, 0.2) is 42.5 Å². The highest BCUT2D eigenvalue weighted by Crippen LogP contribution is 2.38. The van der Waals surface area contributed by atoms with E-state index in [1.165, 1.54) is 11.0 Å². The van der Waals surface area contributed by atoms with Crippen molar-refractivity contribution in [3.63, 3.8) is 0 Å². The summed E-state index contributed by atoms with van der Waals surface area (Å²) >= 11 is 0. The maximum absolute atomic E-state index is 13.2. The highest BCUT2D eigenvalue weighted by Gasteiger charge is 2.32. The number of rotatable bonds is 3. The van der Waals surface area contributed by atoms with Gasteiger partial charge in [0.05, 0.1) is 11.3 Å². The van der Waals surface area contributed by atoms with Crippen LogP contribution >= 0.6 is 0 Å². The van der Waals surface area contributed by atoms with Gasteiger partial charge in [0.2, 0.25) is 5.91 Å². The quantitative estimate of drug-likeness (QED) is 0.833.